The molecule has 0 atom stereocenters. The van der Waals surface area contributed by atoms with Crippen molar-refractivity contribution in [3.05, 3.63) is 65.6 Å². The highest BCUT2D eigenvalue weighted by molar-refractivity contribution is 5.98. The number of amides is 1. The van der Waals surface area contributed by atoms with Crippen LogP contribution in [0.15, 0.2) is 48.8 Å². The molecule has 0 unspecified atom stereocenters. The predicted octanol–water partition coefficient (Wildman–Crippen LogP) is 3.23. The van der Waals surface area contributed by atoms with Crippen LogP contribution in [-0.2, 0) is 11.3 Å². The van der Waals surface area contributed by atoms with Crippen LogP contribution in [0.3, 0.4) is 0 Å². The van der Waals surface area contributed by atoms with E-state index in [4.69, 9.17) is 4.74 Å². The molecular weight excluding hydrogens is 326 g/mol. The quantitative estimate of drug-likeness (QED) is 0.921. The first-order valence-corrected chi connectivity index (χ1v) is 9.15. The maximum absolute atomic E-state index is 12.7. The molecule has 5 nitrogen and oxygen atoms in total. The molecule has 0 spiro atoms. The van der Waals surface area contributed by atoms with Gasteiger partial charge in [0, 0.05) is 38.7 Å². The summed E-state index contributed by atoms with van der Waals surface area (Å²) < 4.78 is 5.38. The lowest BCUT2D eigenvalue weighted by Gasteiger charge is -2.27. The lowest BCUT2D eigenvalue weighted by atomic mass is 10.0. The number of pyridine rings is 1. The summed E-state index contributed by atoms with van der Waals surface area (Å²) in [7, 11) is 0. The summed E-state index contributed by atoms with van der Waals surface area (Å²) in [6.07, 6.45) is 7.78. The van der Waals surface area contributed by atoms with Gasteiger partial charge in [0.25, 0.3) is 5.91 Å². The van der Waals surface area contributed by atoms with Crippen molar-refractivity contribution < 1.29 is 9.53 Å². The maximum Gasteiger partial charge on any atom is 0.272 e. The van der Waals surface area contributed by atoms with Gasteiger partial charge in [-0.05, 0) is 48.1 Å². The minimum Gasteiger partial charge on any atom is -0.381 e. The number of nitrogens with one attached hydrogen (secondary N) is 1. The van der Waals surface area contributed by atoms with Gasteiger partial charge in [0.05, 0.1) is 5.69 Å². The van der Waals surface area contributed by atoms with Crippen molar-refractivity contribution in [1.82, 2.24) is 10.3 Å². The summed E-state index contributed by atoms with van der Waals surface area (Å²) in [6, 6.07) is 12.1. The molecule has 1 aromatic carbocycles. The van der Waals surface area contributed by atoms with Crippen LogP contribution < -0.4 is 10.2 Å². The zero-order valence-corrected chi connectivity index (χ0v) is 14.7. The molecular formula is C21H23N3O2. The number of ether oxygens (including phenoxy) is 1. The number of hydrogen-bond acceptors (Lipinski definition) is 4. The molecule has 3 heterocycles. The normalized spacial score (nSPS) is 17.0. The van der Waals surface area contributed by atoms with Gasteiger partial charge >= 0.3 is 0 Å². The second-order valence-electron chi connectivity index (χ2n) is 6.78. The third kappa shape index (κ3) is 3.63. The number of carbonyl (C=O) groups excluding carboxylic acids is 1. The third-order valence-electron chi connectivity index (χ3n) is 5.03. The van der Waals surface area contributed by atoms with Crippen molar-refractivity contribution in [2.45, 2.75) is 19.4 Å². The molecule has 2 aromatic rings. The molecule has 1 amide bonds. The number of carbonyl (C=O) groups is 1. The summed E-state index contributed by atoms with van der Waals surface area (Å²) in [5.74, 6) is 0.376. The second-order valence-corrected chi connectivity index (χ2v) is 6.78. The van der Waals surface area contributed by atoms with Gasteiger partial charge in [-0.1, -0.05) is 24.3 Å². The first-order valence-electron chi connectivity index (χ1n) is 9.15. The highest BCUT2D eigenvalue weighted by Gasteiger charge is 2.21. The van der Waals surface area contributed by atoms with E-state index < -0.39 is 0 Å². The van der Waals surface area contributed by atoms with E-state index in [9.17, 15) is 4.79 Å². The average molecular weight is 349 g/mol. The molecule has 5 heteroatoms. The largest absolute Gasteiger partial charge is 0.381 e. The van der Waals surface area contributed by atoms with E-state index in [2.05, 4.69) is 33.4 Å². The monoisotopic (exact) mass is 349 g/mol. The van der Waals surface area contributed by atoms with Crippen LogP contribution in [0.4, 0.5) is 5.69 Å². The van der Waals surface area contributed by atoms with Crippen LogP contribution in [0, 0.1) is 5.92 Å². The fourth-order valence-corrected chi connectivity index (χ4v) is 3.49. The molecule has 26 heavy (non-hydrogen) atoms. The Morgan fingerprint density at radius 3 is 2.92 bits per heavy atom. The maximum atomic E-state index is 12.7. The molecule has 2 aliphatic rings. The van der Waals surface area contributed by atoms with E-state index in [1.807, 2.05) is 30.5 Å². The number of rotatable bonds is 4. The first kappa shape index (κ1) is 16.8. The minimum absolute atomic E-state index is 0.112. The minimum atomic E-state index is -0.112. The molecule has 2 aliphatic heterocycles. The predicted molar refractivity (Wildman–Crippen MR) is 102 cm³/mol. The fraction of sp³-hybridized carbons (Fsp3) is 0.333. The van der Waals surface area contributed by atoms with Gasteiger partial charge in [-0.2, -0.15) is 0 Å². The summed E-state index contributed by atoms with van der Waals surface area (Å²) in [5.41, 5.74) is 3.77. The molecule has 0 saturated carbocycles. The summed E-state index contributed by atoms with van der Waals surface area (Å²) in [6.45, 7) is 2.98. The summed E-state index contributed by atoms with van der Waals surface area (Å²) >= 11 is 0. The Kier molecular flexibility index (Phi) is 4.97. The van der Waals surface area contributed by atoms with Crippen molar-refractivity contribution in [3.8, 4) is 0 Å². The molecule has 4 rings (SSSR count). The molecule has 1 aromatic heterocycles. The van der Waals surface area contributed by atoms with Gasteiger partial charge in [0.15, 0.2) is 5.69 Å². The van der Waals surface area contributed by atoms with Crippen LogP contribution >= 0.6 is 0 Å². The Labute approximate surface area is 153 Å². The molecule has 1 saturated heterocycles. The first-order chi connectivity index (χ1) is 12.8. The zero-order valence-electron chi connectivity index (χ0n) is 14.7. The van der Waals surface area contributed by atoms with E-state index in [0.29, 0.717) is 18.2 Å². The lowest BCUT2D eigenvalue weighted by molar-refractivity contribution is 0.0642. The molecule has 1 N–H and O–H groups in total. The Bertz CT molecular complexity index is 812. The number of anilines is 1. The van der Waals surface area contributed by atoms with Gasteiger partial charge < -0.3 is 15.0 Å². The van der Waals surface area contributed by atoms with Crippen molar-refractivity contribution in [1.29, 1.82) is 0 Å². The third-order valence-corrected chi connectivity index (χ3v) is 5.03. The van der Waals surface area contributed by atoms with Crippen molar-refractivity contribution in [3.63, 3.8) is 0 Å². The van der Waals surface area contributed by atoms with E-state index in [-0.39, 0.29) is 5.91 Å². The van der Waals surface area contributed by atoms with E-state index in [0.717, 1.165) is 38.3 Å². The van der Waals surface area contributed by atoms with Gasteiger partial charge in [-0.25, -0.2) is 4.98 Å². The number of nitrogens with zero attached hydrogens (tertiary/aromatic N) is 2. The number of hydrogen-bond donors (Lipinski definition) is 1. The van der Waals surface area contributed by atoms with Gasteiger partial charge in [-0.3, -0.25) is 4.79 Å². The molecule has 0 aliphatic carbocycles. The molecule has 0 bridgehead atoms. The molecule has 134 valence electrons. The molecule has 0 radical (unpaired) electrons. The highest BCUT2D eigenvalue weighted by Crippen LogP contribution is 2.27. The summed E-state index contributed by atoms with van der Waals surface area (Å²) in [4.78, 5) is 19.2. The van der Waals surface area contributed by atoms with Crippen molar-refractivity contribution in [2.75, 3.05) is 24.7 Å². The van der Waals surface area contributed by atoms with Gasteiger partial charge in [0.1, 0.15) is 0 Å². The SMILES string of the molecule is O=C(NCC1CCOCC1)c1ncccc1N1C=Cc2ccccc2C1. The Morgan fingerprint density at radius 1 is 1.19 bits per heavy atom. The Balaban J connectivity index is 1.49. The van der Waals surface area contributed by atoms with Crippen LogP contribution in [0.25, 0.3) is 6.08 Å². The standard InChI is InChI=1S/C21H23N3O2/c25-21(23-14-16-8-12-26-13-9-16)20-19(6-3-10-22-20)24-11-7-17-4-1-2-5-18(17)15-24/h1-7,10-11,16H,8-9,12-15H2,(H,23,25). The van der Waals surface area contributed by atoms with E-state index in [1.54, 1.807) is 6.20 Å². The average Bonchev–Trinajstić information content (AvgIpc) is 2.72. The van der Waals surface area contributed by atoms with Gasteiger partial charge in [-0.15, -0.1) is 0 Å². The topological polar surface area (TPSA) is 54.5 Å². The zero-order chi connectivity index (χ0) is 17.8. The smallest absolute Gasteiger partial charge is 0.272 e. The van der Waals surface area contributed by atoms with E-state index >= 15 is 0 Å². The van der Waals surface area contributed by atoms with E-state index in [1.165, 1.54) is 11.1 Å². The highest BCUT2D eigenvalue weighted by atomic mass is 16.5. The van der Waals surface area contributed by atoms with Gasteiger partial charge in [0.2, 0.25) is 0 Å². The van der Waals surface area contributed by atoms with Crippen molar-refractivity contribution >= 4 is 17.7 Å². The summed E-state index contributed by atoms with van der Waals surface area (Å²) in [5, 5.41) is 3.06. The lowest BCUT2D eigenvalue weighted by Crippen LogP contribution is -2.33. The Morgan fingerprint density at radius 2 is 2.04 bits per heavy atom. The number of aromatic nitrogens is 1. The van der Waals surface area contributed by atoms with Crippen LogP contribution in [0.5, 0.6) is 0 Å². The molecule has 1 fully saturated rings. The second kappa shape index (κ2) is 7.70. The Hall–Kier alpha value is -2.66. The van der Waals surface area contributed by atoms with Crippen molar-refractivity contribution in [2.24, 2.45) is 5.92 Å². The number of benzene rings is 1. The van der Waals surface area contributed by atoms with Crippen LogP contribution in [-0.4, -0.2) is 30.6 Å². The van der Waals surface area contributed by atoms with Crippen LogP contribution in [0.2, 0.25) is 0 Å². The van der Waals surface area contributed by atoms with Crippen LogP contribution in [0.1, 0.15) is 34.5 Å². The number of fused-ring (bicyclic) bond motifs is 1. The fourth-order valence-electron chi connectivity index (χ4n) is 3.49.